The van der Waals surface area contributed by atoms with Gasteiger partial charge in [0.2, 0.25) is 0 Å². The van der Waals surface area contributed by atoms with Crippen molar-refractivity contribution in [3.05, 3.63) is 23.9 Å². The molecule has 0 amide bonds. The molecule has 6 nitrogen and oxygen atoms in total. The Hall–Kier alpha value is -1.66. The molecule has 1 aromatic heterocycles. The van der Waals surface area contributed by atoms with E-state index < -0.39 is 0 Å². The lowest BCUT2D eigenvalue weighted by atomic mass is 10.2. The molecule has 0 aliphatic carbocycles. The molecule has 1 N–H and O–H groups in total. The first-order valence-electron chi connectivity index (χ1n) is 6.78. The van der Waals surface area contributed by atoms with Crippen LogP contribution in [0.15, 0.2) is 18.3 Å². The second-order valence-corrected chi connectivity index (χ2v) is 4.76. The number of anilines is 1. The fourth-order valence-electron chi connectivity index (χ4n) is 2.14. The Balaban J connectivity index is 2.10. The van der Waals surface area contributed by atoms with E-state index in [9.17, 15) is 9.90 Å². The van der Waals surface area contributed by atoms with Gasteiger partial charge in [-0.15, -0.1) is 0 Å². The topological polar surface area (TPSA) is 71.9 Å². The van der Waals surface area contributed by atoms with E-state index in [0.717, 1.165) is 5.82 Å². The van der Waals surface area contributed by atoms with E-state index in [1.807, 2.05) is 6.92 Å². The van der Waals surface area contributed by atoms with Crippen molar-refractivity contribution in [2.75, 3.05) is 31.3 Å². The highest BCUT2D eigenvalue weighted by molar-refractivity contribution is 5.89. The van der Waals surface area contributed by atoms with Crippen LogP contribution in [0.2, 0.25) is 0 Å². The van der Waals surface area contributed by atoms with E-state index in [1.54, 1.807) is 19.1 Å². The Morgan fingerprint density at radius 1 is 1.60 bits per heavy atom. The summed E-state index contributed by atoms with van der Waals surface area (Å²) >= 11 is 0. The van der Waals surface area contributed by atoms with Crippen LogP contribution in [0.25, 0.3) is 0 Å². The molecule has 1 saturated heterocycles. The predicted molar refractivity (Wildman–Crippen MR) is 73.8 cm³/mol. The Labute approximate surface area is 118 Å². The number of esters is 1. The molecule has 1 fully saturated rings. The van der Waals surface area contributed by atoms with Crippen LogP contribution >= 0.6 is 0 Å². The number of hydrogen-bond donors (Lipinski definition) is 1. The van der Waals surface area contributed by atoms with Gasteiger partial charge in [-0.3, -0.25) is 0 Å². The van der Waals surface area contributed by atoms with Crippen molar-refractivity contribution < 1.29 is 19.4 Å². The normalized spacial score (nSPS) is 22.6. The molecule has 20 heavy (non-hydrogen) atoms. The summed E-state index contributed by atoms with van der Waals surface area (Å²) in [5.41, 5.74) is 0.440. The number of carbonyl (C=O) groups is 1. The van der Waals surface area contributed by atoms with Crippen LogP contribution in [0.1, 0.15) is 24.2 Å². The van der Waals surface area contributed by atoms with E-state index in [-0.39, 0.29) is 24.7 Å². The average Bonchev–Trinajstić information content (AvgIpc) is 2.48. The van der Waals surface area contributed by atoms with Crippen LogP contribution in [-0.2, 0) is 9.47 Å². The zero-order chi connectivity index (χ0) is 14.5. The van der Waals surface area contributed by atoms with Crippen molar-refractivity contribution in [1.82, 2.24) is 4.98 Å². The predicted octanol–water partition coefficient (Wildman–Crippen LogP) is 0.844. The second-order valence-electron chi connectivity index (χ2n) is 4.76. The zero-order valence-electron chi connectivity index (χ0n) is 11.8. The Morgan fingerprint density at radius 3 is 3.00 bits per heavy atom. The molecule has 110 valence electrons. The first-order chi connectivity index (χ1) is 9.65. The fraction of sp³-hybridized carbons (Fsp3) is 0.571. The Bertz CT molecular complexity index is 449. The van der Waals surface area contributed by atoms with E-state index >= 15 is 0 Å². The number of carbonyl (C=O) groups excluding carboxylic acids is 1. The lowest BCUT2D eigenvalue weighted by molar-refractivity contribution is -0.0105. The molecule has 1 aliphatic rings. The molecular weight excluding hydrogens is 260 g/mol. The van der Waals surface area contributed by atoms with Gasteiger partial charge in [-0.1, -0.05) is 0 Å². The smallest absolute Gasteiger partial charge is 0.339 e. The monoisotopic (exact) mass is 280 g/mol. The van der Waals surface area contributed by atoms with Gasteiger partial charge < -0.3 is 19.5 Å². The standard InChI is InChI=1S/C14H20N2O4/c1-3-19-14(18)11-4-5-13(15-6-11)16-7-12(8-17)20-9-10(16)2/h4-6,10,12,17H,3,7-9H2,1-2H3. The van der Waals surface area contributed by atoms with E-state index in [4.69, 9.17) is 9.47 Å². The zero-order valence-corrected chi connectivity index (χ0v) is 11.8. The SMILES string of the molecule is CCOC(=O)c1ccc(N2CC(CO)OCC2C)nc1. The lowest BCUT2D eigenvalue weighted by Crippen LogP contribution is -2.49. The van der Waals surface area contributed by atoms with E-state index in [0.29, 0.717) is 25.3 Å². The summed E-state index contributed by atoms with van der Waals surface area (Å²) in [5.74, 6) is 0.405. The van der Waals surface area contributed by atoms with Crippen LogP contribution in [0, 0.1) is 0 Å². The number of rotatable bonds is 4. The maximum atomic E-state index is 11.6. The summed E-state index contributed by atoms with van der Waals surface area (Å²) in [4.78, 5) is 17.9. The van der Waals surface area contributed by atoms with Gasteiger partial charge in [0.25, 0.3) is 0 Å². The van der Waals surface area contributed by atoms with Crippen LogP contribution in [0.5, 0.6) is 0 Å². The molecule has 2 unspecified atom stereocenters. The summed E-state index contributed by atoms with van der Waals surface area (Å²) in [5, 5.41) is 9.18. The number of pyridine rings is 1. The van der Waals surface area contributed by atoms with Gasteiger partial charge in [0.1, 0.15) is 5.82 Å². The summed E-state index contributed by atoms with van der Waals surface area (Å²) in [6.45, 7) is 5.28. The largest absolute Gasteiger partial charge is 0.462 e. The molecule has 2 heterocycles. The molecule has 6 heteroatoms. The van der Waals surface area contributed by atoms with Crippen molar-refractivity contribution >= 4 is 11.8 Å². The van der Waals surface area contributed by atoms with Gasteiger partial charge in [-0.25, -0.2) is 9.78 Å². The molecular formula is C14H20N2O4. The average molecular weight is 280 g/mol. The molecule has 0 saturated carbocycles. The quantitative estimate of drug-likeness (QED) is 0.824. The van der Waals surface area contributed by atoms with Crippen LogP contribution in [0.3, 0.4) is 0 Å². The van der Waals surface area contributed by atoms with Crippen molar-refractivity contribution in [2.45, 2.75) is 26.0 Å². The van der Waals surface area contributed by atoms with Crippen molar-refractivity contribution in [2.24, 2.45) is 0 Å². The molecule has 0 spiro atoms. The maximum absolute atomic E-state index is 11.6. The molecule has 1 aromatic rings. The molecule has 0 aromatic carbocycles. The maximum Gasteiger partial charge on any atom is 0.339 e. The second kappa shape index (κ2) is 6.67. The van der Waals surface area contributed by atoms with E-state index in [1.165, 1.54) is 6.20 Å². The fourth-order valence-corrected chi connectivity index (χ4v) is 2.14. The van der Waals surface area contributed by atoms with Gasteiger partial charge in [0.15, 0.2) is 0 Å². The third kappa shape index (κ3) is 3.26. The van der Waals surface area contributed by atoms with Crippen molar-refractivity contribution in [1.29, 1.82) is 0 Å². The first-order valence-corrected chi connectivity index (χ1v) is 6.78. The van der Waals surface area contributed by atoms with Gasteiger partial charge >= 0.3 is 5.97 Å². The number of aromatic nitrogens is 1. The summed E-state index contributed by atoms with van der Waals surface area (Å²) in [6, 6.07) is 3.68. The van der Waals surface area contributed by atoms with Gasteiger partial charge in [-0.2, -0.15) is 0 Å². The Kier molecular flexibility index (Phi) is 4.92. The van der Waals surface area contributed by atoms with Crippen LogP contribution < -0.4 is 4.90 Å². The summed E-state index contributed by atoms with van der Waals surface area (Å²) < 4.78 is 10.4. The summed E-state index contributed by atoms with van der Waals surface area (Å²) in [6.07, 6.45) is 1.32. The minimum Gasteiger partial charge on any atom is -0.462 e. The van der Waals surface area contributed by atoms with Gasteiger partial charge in [0.05, 0.1) is 37.5 Å². The number of nitrogens with zero attached hydrogens (tertiary/aromatic N) is 2. The molecule has 2 rings (SSSR count). The summed E-state index contributed by atoms with van der Waals surface area (Å²) in [7, 11) is 0. The first kappa shape index (κ1) is 14.7. The third-order valence-corrected chi connectivity index (χ3v) is 3.26. The highest BCUT2D eigenvalue weighted by Crippen LogP contribution is 2.20. The van der Waals surface area contributed by atoms with E-state index in [2.05, 4.69) is 9.88 Å². The number of aliphatic hydroxyl groups excluding tert-OH is 1. The van der Waals surface area contributed by atoms with Crippen molar-refractivity contribution in [3.8, 4) is 0 Å². The number of aliphatic hydroxyl groups is 1. The molecule has 0 radical (unpaired) electrons. The minimum atomic E-state index is -0.366. The lowest BCUT2D eigenvalue weighted by Gasteiger charge is -2.38. The minimum absolute atomic E-state index is 0.00979. The molecule has 1 aliphatic heterocycles. The highest BCUT2D eigenvalue weighted by atomic mass is 16.5. The number of morpholine rings is 1. The van der Waals surface area contributed by atoms with Crippen molar-refractivity contribution in [3.63, 3.8) is 0 Å². The van der Waals surface area contributed by atoms with Crippen LogP contribution in [0.4, 0.5) is 5.82 Å². The molecule has 0 bridgehead atoms. The number of ether oxygens (including phenoxy) is 2. The van der Waals surface area contributed by atoms with Gasteiger partial charge in [0, 0.05) is 12.7 Å². The van der Waals surface area contributed by atoms with Crippen LogP contribution in [-0.4, -0.2) is 54.6 Å². The highest BCUT2D eigenvalue weighted by Gasteiger charge is 2.26. The molecule has 2 atom stereocenters. The number of hydrogen-bond acceptors (Lipinski definition) is 6. The third-order valence-electron chi connectivity index (χ3n) is 3.26. The Morgan fingerprint density at radius 2 is 2.40 bits per heavy atom. The van der Waals surface area contributed by atoms with Gasteiger partial charge in [-0.05, 0) is 26.0 Å².